The number of amidine groups is 1. The molecule has 1 amide bonds. The van der Waals surface area contributed by atoms with Crippen LogP contribution in [0.1, 0.15) is 20.8 Å². The van der Waals surface area contributed by atoms with Crippen LogP contribution in [0.5, 0.6) is 0 Å². The Morgan fingerprint density at radius 3 is 2.67 bits per heavy atom. The van der Waals surface area contributed by atoms with Gasteiger partial charge in [0.2, 0.25) is 0 Å². The Balaban J connectivity index is 2.18. The number of hydrogen-bond acceptors (Lipinski definition) is 8. The summed E-state index contributed by atoms with van der Waals surface area (Å²) in [4.78, 5) is 18.0. The first-order valence-electron chi connectivity index (χ1n) is 7.66. The highest BCUT2D eigenvalue weighted by Crippen LogP contribution is 2.37. The van der Waals surface area contributed by atoms with E-state index in [-0.39, 0.29) is 6.54 Å². The lowest BCUT2D eigenvalue weighted by Gasteiger charge is -2.37. The Bertz CT molecular complexity index is 521. The van der Waals surface area contributed by atoms with Gasteiger partial charge in [-0.1, -0.05) is 17.8 Å². The van der Waals surface area contributed by atoms with Gasteiger partial charge in [-0.15, -0.1) is 6.58 Å². The SMILES string of the molecule is C=CCN(C(=O)OC(C)(C)C)C1=N[C@@H]2[C@@H](O)[C@H](O)[C@@H](CO)O[C@@H]2S1. The van der Waals surface area contributed by atoms with E-state index in [9.17, 15) is 20.1 Å². The van der Waals surface area contributed by atoms with Crippen molar-refractivity contribution in [2.24, 2.45) is 4.99 Å². The van der Waals surface area contributed by atoms with Gasteiger partial charge in [0.05, 0.1) is 6.61 Å². The largest absolute Gasteiger partial charge is 0.443 e. The maximum atomic E-state index is 12.4. The van der Waals surface area contributed by atoms with E-state index in [1.165, 1.54) is 11.0 Å². The fourth-order valence-corrected chi connectivity index (χ4v) is 3.60. The van der Waals surface area contributed by atoms with Crippen LogP contribution in [-0.2, 0) is 9.47 Å². The van der Waals surface area contributed by atoms with Crippen molar-refractivity contribution in [3.63, 3.8) is 0 Å². The van der Waals surface area contributed by atoms with Crippen LogP contribution in [0.3, 0.4) is 0 Å². The molecule has 0 radical (unpaired) electrons. The monoisotopic (exact) mass is 360 g/mol. The molecule has 2 heterocycles. The van der Waals surface area contributed by atoms with Gasteiger partial charge in [-0.05, 0) is 20.8 Å². The minimum Gasteiger partial charge on any atom is -0.443 e. The van der Waals surface area contributed by atoms with Crippen molar-refractivity contribution in [3.8, 4) is 0 Å². The average molecular weight is 360 g/mol. The molecule has 8 nitrogen and oxygen atoms in total. The normalized spacial score (nSPS) is 32.8. The van der Waals surface area contributed by atoms with Gasteiger partial charge in [0.15, 0.2) is 5.17 Å². The number of aliphatic hydroxyl groups excluding tert-OH is 3. The van der Waals surface area contributed by atoms with Crippen LogP contribution in [0.15, 0.2) is 17.6 Å². The van der Waals surface area contributed by atoms with Gasteiger partial charge in [0, 0.05) is 6.54 Å². The molecule has 24 heavy (non-hydrogen) atoms. The molecule has 0 aliphatic carbocycles. The van der Waals surface area contributed by atoms with Gasteiger partial charge in [-0.25, -0.2) is 4.79 Å². The van der Waals surface area contributed by atoms with Gasteiger partial charge in [-0.2, -0.15) is 0 Å². The molecule has 0 aromatic rings. The van der Waals surface area contributed by atoms with E-state index in [1.807, 2.05) is 0 Å². The van der Waals surface area contributed by atoms with Gasteiger partial charge in [0.1, 0.15) is 35.4 Å². The molecular weight excluding hydrogens is 336 g/mol. The van der Waals surface area contributed by atoms with E-state index >= 15 is 0 Å². The van der Waals surface area contributed by atoms with E-state index in [1.54, 1.807) is 20.8 Å². The van der Waals surface area contributed by atoms with Crippen LogP contribution in [0.25, 0.3) is 0 Å². The van der Waals surface area contributed by atoms with Crippen molar-refractivity contribution in [3.05, 3.63) is 12.7 Å². The zero-order valence-corrected chi connectivity index (χ0v) is 14.8. The fourth-order valence-electron chi connectivity index (χ4n) is 2.37. The molecule has 2 rings (SSSR count). The summed E-state index contributed by atoms with van der Waals surface area (Å²) in [5.41, 5.74) is -1.26. The Labute approximate surface area is 145 Å². The molecule has 1 fully saturated rings. The molecule has 3 N–H and O–H groups in total. The molecular formula is C15H24N2O6S. The number of aliphatic imine (C=N–C) groups is 1. The minimum atomic E-state index is -1.24. The maximum Gasteiger partial charge on any atom is 0.416 e. The van der Waals surface area contributed by atoms with Crippen LogP contribution in [0, 0.1) is 0 Å². The topological polar surface area (TPSA) is 112 Å². The van der Waals surface area contributed by atoms with E-state index < -0.39 is 48.1 Å². The lowest BCUT2D eigenvalue weighted by molar-refractivity contribution is -0.164. The standard InChI is InChI=1S/C15H24N2O6S/c1-5-6-17(14(21)23-15(2,3)4)13-16-9-11(20)10(19)8(7-18)22-12(9)24-13/h5,8-12,18-20H,1,6-7H2,2-4H3/t8-,9-,10-,11-,12-/m1/s1. The van der Waals surface area contributed by atoms with E-state index in [0.717, 1.165) is 11.8 Å². The summed E-state index contributed by atoms with van der Waals surface area (Å²) in [6.45, 7) is 8.67. The van der Waals surface area contributed by atoms with Crippen LogP contribution in [0.4, 0.5) is 4.79 Å². The number of fused-ring (bicyclic) bond motifs is 1. The lowest BCUT2D eigenvalue weighted by atomic mass is 9.99. The number of thioether (sulfide) groups is 1. The quantitative estimate of drug-likeness (QED) is 0.621. The average Bonchev–Trinajstić information content (AvgIpc) is 2.90. The summed E-state index contributed by atoms with van der Waals surface area (Å²) in [5, 5.41) is 29.7. The Morgan fingerprint density at radius 2 is 2.12 bits per heavy atom. The number of carbonyl (C=O) groups excluding carboxylic acids is 1. The third kappa shape index (κ3) is 4.09. The predicted octanol–water partition coefficient (Wildman–Crippen LogP) is 0.320. The molecule has 0 saturated carbocycles. The Kier molecular flexibility index (Phi) is 5.92. The lowest BCUT2D eigenvalue weighted by Crippen LogP contribution is -2.55. The maximum absolute atomic E-state index is 12.4. The number of ether oxygens (including phenoxy) is 2. The number of rotatable bonds is 3. The first-order valence-corrected chi connectivity index (χ1v) is 8.54. The minimum absolute atomic E-state index is 0.183. The molecule has 2 aliphatic rings. The van der Waals surface area contributed by atoms with Crippen LogP contribution in [0.2, 0.25) is 0 Å². The number of amides is 1. The number of aliphatic hydroxyl groups is 3. The predicted molar refractivity (Wildman–Crippen MR) is 89.7 cm³/mol. The number of hydrogen-bond donors (Lipinski definition) is 3. The summed E-state index contributed by atoms with van der Waals surface area (Å²) in [6.07, 6.45) is -2.36. The molecule has 9 heteroatoms. The smallest absolute Gasteiger partial charge is 0.416 e. The van der Waals surface area contributed by atoms with Crippen LogP contribution in [-0.4, -0.2) is 80.0 Å². The molecule has 0 aromatic heterocycles. The molecule has 0 spiro atoms. The van der Waals surface area contributed by atoms with Gasteiger partial charge in [0.25, 0.3) is 0 Å². The summed E-state index contributed by atoms with van der Waals surface area (Å²) in [7, 11) is 0. The van der Waals surface area contributed by atoms with Crippen LogP contribution < -0.4 is 0 Å². The second-order valence-electron chi connectivity index (χ2n) is 6.61. The van der Waals surface area contributed by atoms with Crippen molar-refractivity contribution < 1.29 is 29.6 Å². The van der Waals surface area contributed by atoms with Crippen molar-refractivity contribution >= 4 is 23.0 Å². The van der Waals surface area contributed by atoms with Crippen molar-refractivity contribution in [2.75, 3.05) is 13.2 Å². The second kappa shape index (κ2) is 7.40. The second-order valence-corrected chi connectivity index (χ2v) is 7.67. The van der Waals surface area contributed by atoms with Crippen molar-refractivity contribution in [1.29, 1.82) is 0 Å². The van der Waals surface area contributed by atoms with E-state index in [0.29, 0.717) is 5.17 Å². The van der Waals surface area contributed by atoms with Crippen LogP contribution >= 0.6 is 11.8 Å². The first-order chi connectivity index (χ1) is 11.2. The first kappa shape index (κ1) is 19.2. The molecule has 0 unspecified atom stereocenters. The molecule has 5 atom stereocenters. The van der Waals surface area contributed by atoms with E-state index in [2.05, 4.69) is 11.6 Å². The number of nitrogens with zero attached hydrogens (tertiary/aromatic N) is 2. The number of carbonyl (C=O) groups is 1. The molecule has 136 valence electrons. The highest BCUT2D eigenvalue weighted by molar-refractivity contribution is 8.14. The molecule has 2 aliphatic heterocycles. The highest BCUT2D eigenvalue weighted by Gasteiger charge is 2.49. The summed E-state index contributed by atoms with van der Waals surface area (Å²) >= 11 is 1.14. The zero-order chi connectivity index (χ0) is 18.1. The Morgan fingerprint density at radius 1 is 1.46 bits per heavy atom. The van der Waals surface area contributed by atoms with Crippen molar-refractivity contribution in [1.82, 2.24) is 4.90 Å². The third-order valence-corrected chi connectivity index (χ3v) is 4.64. The van der Waals surface area contributed by atoms with Gasteiger partial charge in [-0.3, -0.25) is 9.89 Å². The summed E-state index contributed by atoms with van der Waals surface area (Å²) in [5.74, 6) is 0. The molecule has 1 saturated heterocycles. The van der Waals surface area contributed by atoms with E-state index in [4.69, 9.17) is 9.47 Å². The molecule has 0 aromatic carbocycles. The van der Waals surface area contributed by atoms with Gasteiger partial charge < -0.3 is 24.8 Å². The summed E-state index contributed by atoms with van der Waals surface area (Å²) in [6, 6.07) is -0.724. The Hall–Kier alpha value is -1.13. The third-order valence-electron chi connectivity index (χ3n) is 3.49. The zero-order valence-electron chi connectivity index (χ0n) is 14.0. The highest BCUT2D eigenvalue weighted by atomic mass is 32.2. The molecule has 0 bridgehead atoms. The summed E-state index contributed by atoms with van der Waals surface area (Å²) < 4.78 is 10.9. The van der Waals surface area contributed by atoms with Gasteiger partial charge >= 0.3 is 6.09 Å². The fraction of sp³-hybridized carbons (Fsp3) is 0.733. The van der Waals surface area contributed by atoms with Crippen molar-refractivity contribution in [2.45, 2.75) is 56.2 Å².